The molecule has 1 heterocycles. The molecule has 0 saturated heterocycles. The molecule has 0 spiro atoms. The van der Waals surface area contributed by atoms with Crippen molar-refractivity contribution in [3.8, 4) is 22.8 Å². The summed E-state index contributed by atoms with van der Waals surface area (Å²) in [6.07, 6.45) is 1.64. The third-order valence-electron chi connectivity index (χ3n) is 3.82. The lowest BCUT2D eigenvalue weighted by Crippen LogP contribution is -2.25. The lowest BCUT2D eigenvalue weighted by Gasteiger charge is -2.11. The molecule has 3 rings (SSSR count). The quantitative estimate of drug-likeness (QED) is 0.446. The molecule has 0 aliphatic rings. The van der Waals surface area contributed by atoms with Crippen molar-refractivity contribution in [3.63, 3.8) is 0 Å². The van der Waals surface area contributed by atoms with Gasteiger partial charge in [0.1, 0.15) is 5.75 Å². The van der Waals surface area contributed by atoms with Crippen LogP contribution in [0.1, 0.15) is 0 Å². The third-order valence-corrected chi connectivity index (χ3v) is 5.00. The number of carbonyl (C=O) groups excluding carboxylic acids is 1. The van der Waals surface area contributed by atoms with E-state index in [4.69, 9.17) is 16.3 Å². The Morgan fingerprint density at radius 3 is 2.79 bits per heavy atom. The molecule has 1 aromatic heterocycles. The molecule has 1 N–H and O–H groups in total. The van der Waals surface area contributed by atoms with Crippen LogP contribution in [-0.2, 0) is 4.79 Å². The largest absolute Gasteiger partial charge is 0.497 e. The van der Waals surface area contributed by atoms with Gasteiger partial charge in [-0.1, -0.05) is 41.6 Å². The van der Waals surface area contributed by atoms with E-state index in [2.05, 4.69) is 22.1 Å². The summed E-state index contributed by atoms with van der Waals surface area (Å²) in [7, 11) is 1.62. The first-order valence-electron chi connectivity index (χ1n) is 8.48. The Morgan fingerprint density at radius 2 is 2.07 bits per heavy atom. The molecule has 0 bridgehead atoms. The SMILES string of the molecule is C=CCNC(=O)CSc1nnc(-c2cccc(OC)c2)n1-c1ccc(Cl)cc1. The maximum absolute atomic E-state index is 12.0. The van der Waals surface area contributed by atoms with Gasteiger partial charge in [-0.25, -0.2) is 0 Å². The topological polar surface area (TPSA) is 69.0 Å². The number of benzene rings is 2. The van der Waals surface area contributed by atoms with Crippen LogP contribution < -0.4 is 10.1 Å². The minimum Gasteiger partial charge on any atom is -0.497 e. The molecule has 0 radical (unpaired) electrons. The normalized spacial score (nSPS) is 10.5. The minimum atomic E-state index is -0.0986. The molecule has 28 heavy (non-hydrogen) atoms. The van der Waals surface area contributed by atoms with Gasteiger partial charge in [-0.3, -0.25) is 9.36 Å². The molecule has 2 aromatic carbocycles. The van der Waals surface area contributed by atoms with Gasteiger partial charge in [-0.15, -0.1) is 16.8 Å². The summed E-state index contributed by atoms with van der Waals surface area (Å²) in [5.74, 6) is 1.49. The third kappa shape index (κ3) is 4.74. The Morgan fingerprint density at radius 1 is 1.29 bits per heavy atom. The second-order valence-corrected chi connectivity index (χ2v) is 7.11. The number of nitrogens with zero attached hydrogens (tertiary/aromatic N) is 3. The molecular formula is C20H19ClN4O2S. The summed E-state index contributed by atoms with van der Waals surface area (Å²) in [6, 6.07) is 15.0. The number of halogens is 1. The first-order valence-corrected chi connectivity index (χ1v) is 9.85. The van der Waals surface area contributed by atoms with Crippen LogP contribution in [0.3, 0.4) is 0 Å². The van der Waals surface area contributed by atoms with Gasteiger partial charge in [0, 0.05) is 22.8 Å². The Balaban J connectivity index is 1.98. The van der Waals surface area contributed by atoms with Crippen molar-refractivity contribution in [1.82, 2.24) is 20.1 Å². The van der Waals surface area contributed by atoms with E-state index in [0.29, 0.717) is 22.5 Å². The van der Waals surface area contributed by atoms with E-state index in [9.17, 15) is 4.79 Å². The average molecular weight is 415 g/mol. The van der Waals surface area contributed by atoms with Crippen molar-refractivity contribution < 1.29 is 9.53 Å². The molecular weight excluding hydrogens is 396 g/mol. The summed E-state index contributed by atoms with van der Waals surface area (Å²) < 4.78 is 7.22. The lowest BCUT2D eigenvalue weighted by atomic mass is 10.2. The van der Waals surface area contributed by atoms with Gasteiger partial charge in [0.25, 0.3) is 0 Å². The summed E-state index contributed by atoms with van der Waals surface area (Å²) in [4.78, 5) is 12.0. The molecule has 8 heteroatoms. The van der Waals surface area contributed by atoms with Crippen LogP contribution in [0.5, 0.6) is 5.75 Å². The van der Waals surface area contributed by atoms with Gasteiger partial charge in [0.15, 0.2) is 11.0 Å². The van der Waals surface area contributed by atoms with Crippen molar-refractivity contribution in [3.05, 3.63) is 66.2 Å². The number of carbonyl (C=O) groups is 1. The minimum absolute atomic E-state index is 0.0986. The van der Waals surface area contributed by atoms with E-state index in [1.807, 2.05) is 41.0 Å². The average Bonchev–Trinajstić information content (AvgIpc) is 3.15. The van der Waals surface area contributed by atoms with Crippen molar-refractivity contribution >= 4 is 29.3 Å². The first-order chi connectivity index (χ1) is 13.6. The fourth-order valence-corrected chi connectivity index (χ4v) is 3.41. The number of aromatic nitrogens is 3. The second-order valence-electron chi connectivity index (χ2n) is 5.73. The maximum Gasteiger partial charge on any atom is 0.230 e. The first kappa shape index (κ1) is 20.0. The van der Waals surface area contributed by atoms with Crippen molar-refractivity contribution in [2.45, 2.75) is 5.16 Å². The van der Waals surface area contributed by atoms with Gasteiger partial charge in [0.2, 0.25) is 5.91 Å². The van der Waals surface area contributed by atoms with E-state index >= 15 is 0 Å². The zero-order valence-electron chi connectivity index (χ0n) is 15.3. The number of methoxy groups -OCH3 is 1. The van der Waals surface area contributed by atoms with Crippen molar-refractivity contribution in [1.29, 1.82) is 0 Å². The van der Waals surface area contributed by atoms with Crippen LogP contribution in [0, 0.1) is 0 Å². The highest BCUT2D eigenvalue weighted by molar-refractivity contribution is 7.99. The van der Waals surface area contributed by atoms with Crippen LogP contribution in [0.4, 0.5) is 0 Å². The number of hydrogen-bond acceptors (Lipinski definition) is 5. The van der Waals surface area contributed by atoms with E-state index in [0.717, 1.165) is 17.0 Å². The van der Waals surface area contributed by atoms with Gasteiger partial charge in [-0.2, -0.15) is 0 Å². The van der Waals surface area contributed by atoms with Crippen LogP contribution in [0.2, 0.25) is 5.02 Å². The fraction of sp³-hybridized carbons (Fsp3) is 0.150. The Bertz CT molecular complexity index is 973. The highest BCUT2D eigenvalue weighted by Crippen LogP contribution is 2.30. The van der Waals surface area contributed by atoms with E-state index in [1.165, 1.54) is 11.8 Å². The summed E-state index contributed by atoms with van der Waals surface area (Å²) in [5, 5.41) is 12.7. The van der Waals surface area contributed by atoms with Crippen molar-refractivity contribution in [2.75, 3.05) is 19.4 Å². The number of nitrogens with one attached hydrogen (secondary N) is 1. The van der Waals surface area contributed by atoms with Crippen molar-refractivity contribution in [2.24, 2.45) is 0 Å². The standard InChI is InChI=1S/C20H19ClN4O2S/c1-3-11-22-18(26)13-28-20-24-23-19(14-5-4-6-17(12-14)27-2)25(20)16-9-7-15(21)8-10-16/h3-10,12H,1,11,13H2,2H3,(H,22,26). The van der Waals surface area contributed by atoms with Crippen LogP contribution in [0.15, 0.2) is 66.3 Å². The van der Waals surface area contributed by atoms with Gasteiger partial charge < -0.3 is 10.1 Å². The monoisotopic (exact) mass is 414 g/mol. The number of rotatable bonds is 8. The number of hydrogen-bond donors (Lipinski definition) is 1. The maximum atomic E-state index is 12.0. The zero-order valence-corrected chi connectivity index (χ0v) is 16.8. The van der Waals surface area contributed by atoms with Crippen LogP contribution in [0.25, 0.3) is 17.1 Å². The molecule has 3 aromatic rings. The molecule has 0 aliphatic carbocycles. The predicted octanol–water partition coefficient (Wildman–Crippen LogP) is 3.99. The van der Waals surface area contributed by atoms with Crippen LogP contribution in [-0.4, -0.2) is 40.1 Å². The van der Waals surface area contributed by atoms with E-state index in [1.54, 1.807) is 25.3 Å². The number of ether oxygens (including phenoxy) is 1. The Kier molecular flexibility index (Phi) is 6.73. The lowest BCUT2D eigenvalue weighted by molar-refractivity contribution is -0.118. The molecule has 0 atom stereocenters. The summed E-state index contributed by atoms with van der Waals surface area (Å²) in [6.45, 7) is 4.02. The van der Waals surface area contributed by atoms with Gasteiger partial charge in [0.05, 0.1) is 12.9 Å². The van der Waals surface area contributed by atoms with E-state index < -0.39 is 0 Å². The smallest absolute Gasteiger partial charge is 0.230 e. The number of amides is 1. The molecule has 6 nitrogen and oxygen atoms in total. The fourth-order valence-electron chi connectivity index (χ4n) is 2.50. The molecule has 0 fully saturated rings. The molecule has 0 unspecified atom stereocenters. The Labute approximate surface area is 172 Å². The summed E-state index contributed by atoms with van der Waals surface area (Å²) >= 11 is 7.35. The van der Waals surface area contributed by atoms with Gasteiger partial charge in [-0.05, 0) is 36.4 Å². The Hall–Kier alpha value is -2.77. The molecule has 0 aliphatic heterocycles. The predicted molar refractivity (Wildman–Crippen MR) is 112 cm³/mol. The summed E-state index contributed by atoms with van der Waals surface area (Å²) in [5.41, 5.74) is 1.70. The zero-order chi connectivity index (χ0) is 19.9. The molecule has 144 valence electrons. The van der Waals surface area contributed by atoms with Crippen LogP contribution >= 0.6 is 23.4 Å². The van der Waals surface area contributed by atoms with Gasteiger partial charge >= 0.3 is 0 Å². The molecule has 0 saturated carbocycles. The molecule has 1 amide bonds. The highest BCUT2D eigenvalue weighted by atomic mass is 35.5. The number of thioether (sulfide) groups is 1. The highest BCUT2D eigenvalue weighted by Gasteiger charge is 2.17. The van der Waals surface area contributed by atoms with E-state index in [-0.39, 0.29) is 11.7 Å². The second kappa shape index (κ2) is 9.43.